The van der Waals surface area contributed by atoms with E-state index in [2.05, 4.69) is 5.73 Å². The van der Waals surface area contributed by atoms with Crippen molar-refractivity contribution < 1.29 is 28.0 Å². The summed E-state index contributed by atoms with van der Waals surface area (Å²) in [5.41, 5.74) is 4.06. The van der Waals surface area contributed by atoms with Gasteiger partial charge in [0.05, 0.1) is 5.92 Å². The number of carboxylic acid groups (broad SMARTS) is 1. The summed E-state index contributed by atoms with van der Waals surface area (Å²) < 4.78 is 0. The first kappa shape index (κ1) is 11.0. The molecule has 1 aliphatic rings. The molecule has 0 aromatic heterocycles. The lowest BCUT2D eigenvalue weighted by atomic mass is 10.1. The van der Waals surface area contributed by atoms with Crippen molar-refractivity contribution >= 4 is 5.97 Å². The molecule has 1 aromatic rings. The van der Waals surface area contributed by atoms with Gasteiger partial charge in [0.25, 0.3) is 0 Å². The Hall–Kier alpha value is -1.06. The Balaban J connectivity index is 0.000000980. The van der Waals surface area contributed by atoms with E-state index in [1.165, 1.54) is 0 Å². The molecule has 1 aliphatic carbocycles. The van der Waals surface area contributed by atoms with Crippen LogP contribution in [0.25, 0.3) is 0 Å². The standard InChI is InChI=1S/C10H11NO2.ClH/c11-10(9(12)13)6-8(10)7-4-2-1-3-5-7;/h1-5,8H,6,11H2,(H,12,13);1H/t8-,10-;/m1./s1. The third-order valence-electron chi connectivity index (χ3n) is 2.70. The van der Waals surface area contributed by atoms with Gasteiger partial charge in [-0.2, -0.15) is 0 Å². The quantitative estimate of drug-likeness (QED) is 0.559. The van der Waals surface area contributed by atoms with Crippen LogP contribution in [0.15, 0.2) is 30.3 Å². The lowest BCUT2D eigenvalue weighted by Gasteiger charge is -2.01. The first-order valence-corrected chi connectivity index (χ1v) is 4.28. The van der Waals surface area contributed by atoms with Crippen LogP contribution < -0.4 is 18.1 Å². The summed E-state index contributed by atoms with van der Waals surface area (Å²) in [5, 5.41) is 8.88. The minimum Gasteiger partial charge on any atom is -1.00 e. The van der Waals surface area contributed by atoms with Crippen molar-refractivity contribution in [2.24, 2.45) is 0 Å². The zero-order valence-corrected chi connectivity index (χ0v) is 8.37. The molecule has 14 heavy (non-hydrogen) atoms. The second-order valence-corrected chi connectivity index (χ2v) is 3.63. The van der Waals surface area contributed by atoms with Gasteiger partial charge in [0, 0.05) is 6.42 Å². The largest absolute Gasteiger partial charge is 1.00 e. The van der Waals surface area contributed by atoms with Crippen LogP contribution in [0.2, 0.25) is 0 Å². The molecule has 0 spiro atoms. The van der Waals surface area contributed by atoms with Crippen LogP contribution in [0.5, 0.6) is 0 Å². The minimum atomic E-state index is -0.790. The molecule has 1 aromatic carbocycles. The molecule has 0 heterocycles. The summed E-state index contributed by atoms with van der Waals surface area (Å²) >= 11 is 0. The van der Waals surface area contributed by atoms with Crippen molar-refractivity contribution in [3.05, 3.63) is 35.9 Å². The number of aliphatic carboxylic acids is 1. The fourth-order valence-corrected chi connectivity index (χ4v) is 1.66. The second kappa shape index (κ2) is 3.59. The molecule has 1 saturated carbocycles. The highest BCUT2D eigenvalue weighted by atomic mass is 35.5. The smallest absolute Gasteiger partial charge is 0.366 e. The summed E-state index contributed by atoms with van der Waals surface area (Å²) in [6, 6.07) is 9.70. The molecule has 4 N–H and O–H groups in total. The first-order valence-electron chi connectivity index (χ1n) is 4.28. The van der Waals surface area contributed by atoms with Crippen LogP contribution in [0, 0.1) is 0 Å². The van der Waals surface area contributed by atoms with Crippen molar-refractivity contribution in [2.75, 3.05) is 0 Å². The molecule has 0 saturated heterocycles. The Kier molecular flexibility index (Phi) is 2.83. The average Bonchev–Trinajstić information content (AvgIpc) is 2.81. The molecule has 0 radical (unpaired) electrons. The number of hydrogen-bond donors (Lipinski definition) is 2. The number of benzene rings is 1. The van der Waals surface area contributed by atoms with E-state index in [0.717, 1.165) is 5.56 Å². The number of hydrogen-bond acceptors (Lipinski definition) is 1. The zero-order valence-electron chi connectivity index (χ0n) is 7.61. The van der Waals surface area contributed by atoms with Crippen LogP contribution >= 0.6 is 0 Å². The molecular weight excluding hydrogens is 202 g/mol. The predicted molar refractivity (Wildman–Crippen MR) is 47.1 cm³/mol. The van der Waals surface area contributed by atoms with Crippen molar-refractivity contribution in [2.45, 2.75) is 17.9 Å². The van der Waals surface area contributed by atoms with Crippen LogP contribution in [0.1, 0.15) is 17.9 Å². The maximum atomic E-state index is 10.8. The maximum Gasteiger partial charge on any atom is 0.366 e. The van der Waals surface area contributed by atoms with Gasteiger partial charge >= 0.3 is 5.97 Å². The third kappa shape index (κ3) is 1.61. The van der Waals surface area contributed by atoms with E-state index in [1.807, 2.05) is 30.3 Å². The summed E-state index contributed by atoms with van der Waals surface area (Å²) in [7, 11) is 0. The number of quaternary nitrogens is 1. The van der Waals surface area contributed by atoms with E-state index < -0.39 is 11.5 Å². The van der Waals surface area contributed by atoms with E-state index in [9.17, 15) is 4.79 Å². The zero-order chi connectivity index (χ0) is 9.47. The lowest BCUT2D eigenvalue weighted by molar-refractivity contribution is -0.426. The van der Waals surface area contributed by atoms with Gasteiger partial charge in [0.1, 0.15) is 0 Å². The lowest BCUT2D eigenvalue weighted by Crippen LogP contribution is -3.00. The topological polar surface area (TPSA) is 64.9 Å². The fourth-order valence-electron chi connectivity index (χ4n) is 1.66. The molecular formula is C10H12ClNO2. The highest BCUT2D eigenvalue weighted by Gasteiger charge is 2.62. The molecule has 76 valence electrons. The molecule has 0 aliphatic heterocycles. The summed E-state index contributed by atoms with van der Waals surface area (Å²) in [6.07, 6.45) is 0.659. The summed E-state index contributed by atoms with van der Waals surface area (Å²) in [6.45, 7) is 0. The molecule has 2 atom stereocenters. The first-order chi connectivity index (χ1) is 6.14. The van der Waals surface area contributed by atoms with Crippen molar-refractivity contribution in [3.8, 4) is 0 Å². The van der Waals surface area contributed by atoms with Gasteiger partial charge in [0.2, 0.25) is 5.54 Å². The normalized spacial score (nSPS) is 29.1. The van der Waals surface area contributed by atoms with Gasteiger partial charge in [-0.05, 0) is 5.56 Å². The molecule has 4 heteroatoms. The van der Waals surface area contributed by atoms with Crippen molar-refractivity contribution in [3.63, 3.8) is 0 Å². The molecule has 2 rings (SSSR count). The number of carbonyl (C=O) groups is 1. The second-order valence-electron chi connectivity index (χ2n) is 3.63. The van der Waals surface area contributed by atoms with Gasteiger partial charge in [-0.1, -0.05) is 30.3 Å². The number of carboxylic acids is 1. The van der Waals surface area contributed by atoms with Crippen molar-refractivity contribution in [1.82, 2.24) is 0 Å². The van der Waals surface area contributed by atoms with E-state index in [4.69, 9.17) is 5.11 Å². The maximum absolute atomic E-state index is 10.8. The molecule has 3 nitrogen and oxygen atoms in total. The van der Waals surface area contributed by atoms with E-state index in [0.29, 0.717) is 6.42 Å². The Labute approximate surface area is 88.3 Å². The Morgan fingerprint density at radius 1 is 1.43 bits per heavy atom. The van der Waals surface area contributed by atoms with Crippen LogP contribution in [0.4, 0.5) is 0 Å². The predicted octanol–water partition coefficient (Wildman–Crippen LogP) is -2.76. The Morgan fingerprint density at radius 3 is 2.43 bits per heavy atom. The van der Waals surface area contributed by atoms with Crippen molar-refractivity contribution in [1.29, 1.82) is 0 Å². The Bertz CT molecular complexity index is 341. The highest BCUT2D eigenvalue weighted by molar-refractivity contribution is 5.82. The minimum absolute atomic E-state index is 0. The van der Waals surface area contributed by atoms with Crippen LogP contribution in [0.3, 0.4) is 0 Å². The van der Waals surface area contributed by atoms with Crippen LogP contribution in [-0.2, 0) is 4.79 Å². The number of rotatable bonds is 2. The highest BCUT2D eigenvalue weighted by Crippen LogP contribution is 2.47. The summed E-state index contributed by atoms with van der Waals surface area (Å²) in [5.74, 6) is -0.687. The van der Waals surface area contributed by atoms with E-state index in [1.54, 1.807) is 0 Å². The molecule has 0 amide bonds. The molecule has 0 unspecified atom stereocenters. The number of halogens is 1. The van der Waals surface area contributed by atoms with Gasteiger partial charge < -0.3 is 23.2 Å². The third-order valence-corrected chi connectivity index (χ3v) is 2.70. The fraction of sp³-hybridized carbons (Fsp3) is 0.300. The van der Waals surface area contributed by atoms with Gasteiger partial charge in [-0.25, -0.2) is 4.79 Å². The van der Waals surface area contributed by atoms with Gasteiger partial charge in [-0.15, -0.1) is 0 Å². The van der Waals surface area contributed by atoms with Crippen LogP contribution in [-0.4, -0.2) is 16.6 Å². The Morgan fingerprint density at radius 2 is 2.00 bits per heavy atom. The molecule has 0 bridgehead atoms. The summed E-state index contributed by atoms with van der Waals surface area (Å²) in [4.78, 5) is 10.8. The SMILES string of the molecule is [Cl-].[NH3+][C@]1(C(=O)O)C[C@@H]1c1ccccc1. The molecule has 1 fully saturated rings. The average molecular weight is 214 g/mol. The van der Waals surface area contributed by atoms with E-state index in [-0.39, 0.29) is 18.3 Å². The van der Waals surface area contributed by atoms with E-state index >= 15 is 0 Å². The van der Waals surface area contributed by atoms with Gasteiger partial charge in [-0.3, -0.25) is 0 Å². The van der Waals surface area contributed by atoms with Gasteiger partial charge in [0.15, 0.2) is 0 Å². The monoisotopic (exact) mass is 213 g/mol.